The molecule has 0 radical (unpaired) electrons. The lowest BCUT2D eigenvalue weighted by Crippen LogP contribution is -2.13. The second kappa shape index (κ2) is 8.41. The van der Waals surface area contributed by atoms with Crippen molar-refractivity contribution >= 4 is 17.7 Å². The summed E-state index contributed by atoms with van der Waals surface area (Å²) in [4.78, 5) is 12.4. The standard InChI is InChI=1S/C19H18N2O4/c1-23-16-6-4-5-15(10-16)21-19(22)14(12-20)9-13-7-8-17(24-2)11-18(13)25-3/h4-11H,1-3H3,(H,21,22)/b14-9+. The molecule has 128 valence electrons. The summed E-state index contributed by atoms with van der Waals surface area (Å²) < 4.78 is 15.5. The first-order valence-corrected chi connectivity index (χ1v) is 7.40. The zero-order chi connectivity index (χ0) is 18.2. The number of hydrogen-bond donors (Lipinski definition) is 1. The number of carbonyl (C=O) groups excluding carboxylic acids is 1. The summed E-state index contributed by atoms with van der Waals surface area (Å²) in [6.07, 6.45) is 1.47. The topological polar surface area (TPSA) is 80.6 Å². The minimum Gasteiger partial charge on any atom is -0.497 e. The summed E-state index contributed by atoms with van der Waals surface area (Å²) in [5.74, 6) is 1.21. The van der Waals surface area contributed by atoms with Crippen molar-refractivity contribution < 1.29 is 19.0 Å². The molecule has 0 aliphatic heterocycles. The zero-order valence-corrected chi connectivity index (χ0v) is 14.2. The highest BCUT2D eigenvalue weighted by Crippen LogP contribution is 2.27. The van der Waals surface area contributed by atoms with E-state index in [9.17, 15) is 10.1 Å². The van der Waals surface area contributed by atoms with Crippen LogP contribution in [0.2, 0.25) is 0 Å². The fraction of sp³-hybridized carbons (Fsp3) is 0.158. The first-order chi connectivity index (χ1) is 12.1. The van der Waals surface area contributed by atoms with Gasteiger partial charge in [-0.2, -0.15) is 5.26 Å². The molecule has 0 aliphatic rings. The number of nitrogens with zero attached hydrogens (tertiary/aromatic N) is 1. The highest BCUT2D eigenvalue weighted by molar-refractivity contribution is 6.09. The number of methoxy groups -OCH3 is 3. The summed E-state index contributed by atoms with van der Waals surface area (Å²) in [6.45, 7) is 0. The fourth-order valence-corrected chi connectivity index (χ4v) is 2.14. The molecule has 0 heterocycles. The third-order valence-corrected chi connectivity index (χ3v) is 3.43. The van der Waals surface area contributed by atoms with E-state index in [1.54, 1.807) is 49.6 Å². The van der Waals surface area contributed by atoms with Gasteiger partial charge < -0.3 is 19.5 Å². The van der Waals surface area contributed by atoms with E-state index < -0.39 is 5.91 Å². The van der Waals surface area contributed by atoms with Crippen LogP contribution in [0.25, 0.3) is 6.08 Å². The second-order valence-electron chi connectivity index (χ2n) is 4.96. The summed E-state index contributed by atoms with van der Waals surface area (Å²) in [5.41, 5.74) is 1.08. The van der Waals surface area contributed by atoms with E-state index in [0.717, 1.165) is 0 Å². The van der Waals surface area contributed by atoms with Gasteiger partial charge >= 0.3 is 0 Å². The molecule has 0 fully saturated rings. The summed E-state index contributed by atoms with van der Waals surface area (Å²) in [6, 6.07) is 13.9. The van der Waals surface area contributed by atoms with Crippen LogP contribution in [0.4, 0.5) is 5.69 Å². The molecule has 1 amide bonds. The summed E-state index contributed by atoms with van der Waals surface area (Å²) in [7, 11) is 4.60. The number of anilines is 1. The van der Waals surface area contributed by atoms with E-state index in [1.165, 1.54) is 20.3 Å². The van der Waals surface area contributed by atoms with Crippen LogP contribution in [0, 0.1) is 11.3 Å². The van der Waals surface area contributed by atoms with Gasteiger partial charge in [-0.05, 0) is 30.3 Å². The highest BCUT2D eigenvalue weighted by Gasteiger charge is 2.12. The number of hydrogen-bond acceptors (Lipinski definition) is 5. The molecule has 2 aromatic carbocycles. The van der Waals surface area contributed by atoms with Gasteiger partial charge in [0.25, 0.3) is 5.91 Å². The summed E-state index contributed by atoms with van der Waals surface area (Å²) >= 11 is 0. The molecule has 6 heteroatoms. The molecule has 0 saturated heterocycles. The van der Waals surface area contributed by atoms with Gasteiger partial charge in [0.15, 0.2) is 0 Å². The Hall–Kier alpha value is -3.46. The average molecular weight is 338 g/mol. The van der Waals surface area contributed by atoms with Crippen molar-refractivity contribution in [1.29, 1.82) is 5.26 Å². The van der Waals surface area contributed by atoms with Crippen molar-refractivity contribution in [1.82, 2.24) is 0 Å². The van der Waals surface area contributed by atoms with Crippen molar-refractivity contribution in [3.8, 4) is 23.3 Å². The van der Waals surface area contributed by atoms with Crippen molar-refractivity contribution in [2.75, 3.05) is 26.6 Å². The molecular formula is C19H18N2O4. The maximum absolute atomic E-state index is 12.4. The predicted molar refractivity (Wildman–Crippen MR) is 94.8 cm³/mol. The Morgan fingerprint density at radius 2 is 1.76 bits per heavy atom. The molecule has 2 aromatic rings. The largest absolute Gasteiger partial charge is 0.497 e. The molecule has 1 N–H and O–H groups in total. The molecule has 6 nitrogen and oxygen atoms in total. The lowest BCUT2D eigenvalue weighted by Gasteiger charge is -2.09. The lowest BCUT2D eigenvalue weighted by atomic mass is 10.1. The molecule has 0 aromatic heterocycles. The quantitative estimate of drug-likeness (QED) is 0.646. The number of carbonyl (C=O) groups is 1. The molecule has 25 heavy (non-hydrogen) atoms. The van der Waals surface area contributed by atoms with E-state index in [-0.39, 0.29) is 5.57 Å². The van der Waals surface area contributed by atoms with Gasteiger partial charge in [0.05, 0.1) is 21.3 Å². The second-order valence-corrected chi connectivity index (χ2v) is 4.96. The van der Waals surface area contributed by atoms with Gasteiger partial charge in [-0.3, -0.25) is 4.79 Å². The van der Waals surface area contributed by atoms with Crippen LogP contribution in [0.1, 0.15) is 5.56 Å². The Morgan fingerprint density at radius 1 is 1.04 bits per heavy atom. The molecule has 0 saturated carbocycles. The number of nitriles is 1. The maximum Gasteiger partial charge on any atom is 0.266 e. The Kier molecular flexibility index (Phi) is 6.02. The number of benzene rings is 2. The molecule has 2 rings (SSSR count). The number of rotatable bonds is 6. The van der Waals surface area contributed by atoms with Crippen LogP contribution in [0.3, 0.4) is 0 Å². The Bertz CT molecular complexity index is 838. The SMILES string of the molecule is COc1cccc(NC(=O)/C(C#N)=C/c2ccc(OC)cc2OC)c1. The monoisotopic (exact) mass is 338 g/mol. The molecule has 0 atom stereocenters. The molecule has 0 spiro atoms. The van der Waals surface area contributed by atoms with Gasteiger partial charge in [0, 0.05) is 23.4 Å². The minimum atomic E-state index is -0.520. The van der Waals surface area contributed by atoms with Gasteiger partial charge in [0.1, 0.15) is 28.9 Å². The van der Waals surface area contributed by atoms with Gasteiger partial charge in [-0.15, -0.1) is 0 Å². The van der Waals surface area contributed by atoms with Crippen LogP contribution in [0.15, 0.2) is 48.0 Å². The molecule has 0 unspecified atom stereocenters. The number of nitrogens with one attached hydrogen (secondary N) is 1. The number of amides is 1. The first kappa shape index (κ1) is 17.9. The van der Waals surface area contributed by atoms with Crippen molar-refractivity contribution in [3.63, 3.8) is 0 Å². The van der Waals surface area contributed by atoms with E-state index >= 15 is 0 Å². The third kappa shape index (κ3) is 4.52. The van der Waals surface area contributed by atoms with Crippen LogP contribution >= 0.6 is 0 Å². The van der Waals surface area contributed by atoms with Crippen LogP contribution < -0.4 is 19.5 Å². The molecule has 0 aliphatic carbocycles. The minimum absolute atomic E-state index is 0.0497. The smallest absolute Gasteiger partial charge is 0.266 e. The van der Waals surface area contributed by atoms with Crippen LogP contribution in [-0.4, -0.2) is 27.2 Å². The zero-order valence-electron chi connectivity index (χ0n) is 14.2. The van der Waals surface area contributed by atoms with Crippen molar-refractivity contribution in [3.05, 3.63) is 53.6 Å². The fourth-order valence-electron chi connectivity index (χ4n) is 2.14. The Balaban J connectivity index is 2.27. The van der Waals surface area contributed by atoms with Gasteiger partial charge in [-0.1, -0.05) is 6.07 Å². The Labute approximate surface area is 146 Å². The highest BCUT2D eigenvalue weighted by atomic mass is 16.5. The van der Waals surface area contributed by atoms with Crippen LogP contribution in [-0.2, 0) is 4.79 Å². The lowest BCUT2D eigenvalue weighted by molar-refractivity contribution is -0.112. The first-order valence-electron chi connectivity index (χ1n) is 7.40. The average Bonchev–Trinajstić information content (AvgIpc) is 2.66. The van der Waals surface area contributed by atoms with E-state index in [4.69, 9.17) is 14.2 Å². The summed E-state index contributed by atoms with van der Waals surface area (Å²) in [5, 5.41) is 12.0. The van der Waals surface area contributed by atoms with Crippen molar-refractivity contribution in [2.24, 2.45) is 0 Å². The third-order valence-electron chi connectivity index (χ3n) is 3.43. The van der Waals surface area contributed by atoms with Crippen molar-refractivity contribution in [2.45, 2.75) is 0 Å². The van der Waals surface area contributed by atoms with E-state index in [1.807, 2.05) is 6.07 Å². The molecule has 0 bridgehead atoms. The predicted octanol–water partition coefficient (Wildman–Crippen LogP) is 3.26. The maximum atomic E-state index is 12.4. The Morgan fingerprint density at radius 3 is 2.40 bits per heavy atom. The van der Waals surface area contributed by atoms with Gasteiger partial charge in [-0.25, -0.2) is 0 Å². The van der Waals surface area contributed by atoms with Gasteiger partial charge in [0.2, 0.25) is 0 Å². The van der Waals surface area contributed by atoms with E-state index in [2.05, 4.69) is 5.32 Å². The van der Waals surface area contributed by atoms with Crippen LogP contribution in [0.5, 0.6) is 17.2 Å². The number of ether oxygens (including phenoxy) is 3. The molecular weight excluding hydrogens is 320 g/mol. The normalized spacial score (nSPS) is 10.6. The van der Waals surface area contributed by atoms with E-state index in [0.29, 0.717) is 28.5 Å².